The van der Waals surface area contributed by atoms with Crippen molar-refractivity contribution in [3.63, 3.8) is 0 Å². The smallest absolute Gasteiger partial charge is 0.408 e. The molecule has 0 aliphatic heterocycles. The van der Waals surface area contributed by atoms with E-state index >= 15 is 0 Å². The van der Waals surface area contributed by atoms with Crippen molar-refractivity contribution >= 4 is 24.7 Å². The van der Waals surface area contributed by atoms with Crippen LogP contribution in [0.4, 0.5) is 0 Å². The van der Waals surface area contributed by atoms with Gasteiger partial charge in [-0.2, -0.15) is 5.10 Å². The van der Waals surface area contributed by atoms with Crippen LogP contribution in [-0.4, -0.2) is 20.4 Å². The summed E-state index contributed by atoms with van der Waals surface area (Å²) in [5.41, 5.74) is 3.18. The van der Waals surface area contributed by atoms with Crippen molar-refractivity contribution in [2.45, 2.75) is 52.4 Å². The molecule has 0 amide bonds. The van der Waals surface area contributed by atoms with Crippen LogP contribution < -0.4 is 23.7 Å². The molecular weight excluding hydrogens is 503 g/mol. The number of hydrogen-bond donors (Lipinski definition) is 1. The molecule has 6 nitrogen and oxygen atoms in total. The van der Waals surface area contributed by atoms with E-state index < -0.39 is 6.64 Å². The van der Waals surface area contributed by atoms with Crippen LogP contribution in [0.15, 0.2) is 71.8 Å². The van der Waals surface area contributed by atoms with Crippen LogP contribution in [0.3, 0.4) is 0 Å². The summed E-state index contributed by atoms with van der Waals surface area (Å²) in [6.07, 6.45) is 1.61. The lowest BCUT2D eigenvalue weighted by molar-refractivity contribution is 0.354. The van der Waals surface area contributed by atoms with Gasteiger partial charge in [-0.25, -0.2) is 5.20 Å². The molecule has 0 radical (unpaired) electrons. The van der Waals surface area contributed by atoms with E-state index in [4.69, 9.17) is 30.3 Å². The summed E-state index contributed by atoms with van der Waals surface area (Å²) in [6.45, 7) is 9.86. The number of hydrazone groups is 1. The molecule has 0 atom stereocenters. The van der Waals surface area contributed by atoms with Gasteiger partial charge in [0, 0.05) is 17.4 Å². The summed E-state index contributed by atoms with van der Waals surface area (Å²) >= 11 is 5.89. The van der Waals surface area contributed by atoms with Crippen molar-refractivity contribution < 1.29 is 18.5 Å². The normalized spacial score (nSPS) is 12.3. The molecule has 0 spiro atoms. The molecule has 0 unspecified atom stereocenters. The second-order valence-electron chi connectivity index (χ2n) is 10.7. The Bertz CT molecular complexity index is 1200. The molecule has 3 aromatic carbocycles. The van der Waals surface area contributed by atoms with Crippen molar-refractivity contribution in [3.8, 4) is 23.0 Å². The summed E-state index contributed by atoms with van der Waals surface area (Å²) in [4.78, 5) is 0. The highest BCUT2D eigenvalue weighted by Crippen LogP contribution is 2.46. The van der Waals surface area contributed by atoms with Crippen molar-refractivity contribution in [1.82, 2.24) is 5.20 Å². The molecular formula is C29H37N2O4PS. The van der Waals surface area contributed by atoms with Gasteiger partial charge in [-0.05, 0) is 58.4 Å². The molecule has 0 aliphatic rings. The lowest BCUT2D eigenvalue weighted by Gasteiger charge is -2.24. The largest absolute Gasteiger partial charge is 0.493 e. The number of nitrogens with zero attached hydrogens (tertiary/aromatic N) is 1. The van der Waals surface area contributed by atoms with E-state index in [1.54, 1.807) is 20.4 Å². The first kappa shape index (κ1) is 28.5. The zero-order chi connectivity index (χ0) is 27.3. The zero-order valence-electron chi connectivity index (χ0n) is 22.9. The van der Waals surface area contributed by atoms with Gasteiger partial charge < -0.3 is 18.5 Å². The Morgan fingerprint density at radius 2 is 1.22 bits per heavy atom. The Hall–Kier alpha value is -3.02. The monoisotopic (exact) mass is 540 g/mol. The Morgan fingerprint density at radius 3 is 1.62 bits per heavy atom. The molecule has 0 saturated heterocycles. The second-order valence-corrected chi connectivity index (χ2v) is 13.7. The first-order valence-corrected chi connectivity index (χ1v) is 14.7. The number of hydrogen-bond acceptors (Lipinski definition) is 6. The maximum atomic E-state index is 6.23. The van der Waals surface area contributed by atoms with E-state index in [2.05, 4.69) is 51.8 Å². The predicted molar refractivity (Wildman–Crippen MR) is 156 cm³/mol. The minimum Gasteiger partial charge on any atom is -0.493 e. The topological polar surface area (TPSA) is 61.3 Å². The minimum atomic E-state index is -3.14. The summed E-state index contributed by atoms with van der Waals surface area (Å²) in [5, 5.41) is 7.36. The number of ether oxygens (including phenoxy) is 2. The third-order valence-electron chi connectivity index (χ3n) is 5.71. The molecule has 1 N–H and O–H groups in total. The number of para-hydroxylation sites is 1. The highest BCUT2D eigenvalue weighted by molar-refractivity contribution is 8.09. The van der Waals surface area contributed by atoms with Crippen LogP contribution >= 0.6 is 6.64 Å². The SMILES string of the molecule is COc1cccc(C=NNP(=S)(Oc2ccc(C(C)(C)C)cc2)Oc2ccc(C(C)(C)C)cc2)c1OC. The highest BCUT2D eigenvalue weighted by atomic mass is 32.5. The van der Waals surface area contributed by atoms with Crippen LogP contribution in [0.2, 0.25) is 0 Å². The van der Waals surface area contributed by atoms with Crippen LogP contribution in [-0.2, 0) is 22.6 Å². The van der Waals surface area contributed by atoms with E-state index in [1.165, 1.54) is 11.1 Å². The van der Waals surface area contributed by atoms with Crippen molar-refractivity contribution in [1.29, 1.82) is 0 Å². The van der Waals surface area contributed by atoms with Crippen LogP contribution in [0.1, 0.15) is 58.2 Å². The molecule has 0 fully saturated rings. The molecule has 3 rings (SSSR count). The molecule has 198 valence electrons. The lowest BCUT2D eigenvalue weighted by Crippen LogP contribution is -2.15. The van der Waals surface area contributed by atoms with Gasteiger partial charge in [0.05, 0.1) is 20.4 Å². The van der Waals surface area contributed by atoms with Crippen LogP contribution in [0.25, 0.3) is 0 Å². The number of rotatable bonds is 9. The molecule has 0 bridgehead atoms. The maximum Gasteiger partial charge on any atom is 0.408 e. The van der Waals surface area contributed by atoms with E-state index in [9.17, 15) is 0 Å². The van der Waals surface area contributed by atoms with Gasteiger partial charge in [-0.3, -0.25) is 0 Å². The van der Waals surface area contributed by atoms with Gasteiger partial charge in [-0.15, -0.1) is 0 Å². The van der Waals surface area contributed by atoms with Crippen LogP contribution in [0.5, 0.6) is 23.0 Å². The Morgan fingerprint density at radius 1 is 0.730 bits per heavy atom. The van der Waals surface area contributed by atoms with Crippen LogP contribution in [0, 0.1) is 0 Å². The highest BCUT2D eigenvalue weighted by Gasteiger charge is 2.24. The van der Waals surface area contributed by atoms with E-state index in [-0.39, 0.29) is 10.8 Å². The fourth-order valence-electron chi connectivity index (χ4n) is 3.55. The molecule has 0 heterocycles. The zero-order valence-corrected chi connectivity index (χ0v) is 24.6. The number of nitrogens with one attached hydrogen (secondary N) is 1. The van der Waals surface area contributed by atoms with E-state index in [1.807, 2.05) is 66.7 Å². The predicted octanol–water partition coefficient (Wildman–Crippen LogP) is 7.60. The third-order valence-corrected chi connectivity index (χ3v) is 7.66. The van der Waals surface area contributed by atoms with E-state index in [0.717, 1.165) is 5.56 Å². The first-order valence-electron chi connectivity index (χ1n) is 12.1. The maximum absolute atomic E-state index is 6.23. The minimum absolute atomic E-state index is 0.0301. The molecule has 8 heteroatoms. The van der Waals surface area contributed by atoms with Gasteiger partial charge in [0.2, 0.25) is 0 Å². The van der Waals surface area contributed by atoms with Gasteiger partial charge in [0.1, 0.15) is 11.5 Å². The van der Waals surface area contributed by atoms with Gasteiger partial charge >= 0.3 is 6.64 Å². The van der Waals surface area contributed by atoms with E-state index in [0.29, 0.717) is 23.0 Å². The fourth-order valence-corrected chi connectivity index (χ4v) is 5.33. The average Bonchev–Trinajstić information content (AvgIpc) is 2.83. The quantitative estimate of drug-likeness (QED) is 0.171. The first-order chi connectivity index (χ1) is 17.3. The third kappa shape index (κ3) is 7.73. The molecule has 3 aromatic rings. The summed E-state index contributed by atoms with van der Waals surface area (Å²) in [7, 11) is 3.18. The molecule has 0 aliphatic carbocycles. The molecule has 0 aromatic heterocycles. The summed E-state index contributed by atoms with van der Waals surface area (Å²) < 4.78 is 23.3. The molecule has 37 heavy (non-hydrogen) atoms. The number of methoxy groups -OCH3 is 2. The number of benzene rings is 3. The van der Waals surface area contributed by atoms with Gasteiger partial charge in [0.15, 0.2) is 11.5 Å². The van der Waals surface area contributed by atoms with Gasteiger partial charge in [-0.1, -0.05) is 71.9 Å². The Labute approximate surface area is 226 Å². The van der Waals surface area contributed by atoms with Gasteiger partial charge in [0.25, 0.3) is 0 Å². The fraction of sp³-hybridized carbons (Fsp3) is 0.345. The lowest BCUT2D eigenvalue weighted by atomic mass is 9.87. The van der Waals surface area contributed by atoms with Crippen molar-refractivity contribution in [3.05, 3.63) is 83.4 Å². The summed E-state index contributed by atoms with van der Waals surface area (Å²) in [6, 6.07) is 21.3. The standard InChI is InChI=1S/C29H37N2O4PS/c1-28(2,3)22-12-16-24(17-13-22)34-36(37,35-25-18-14-23(15-19-25)29(4,5)6)31-30-20-21-10-9-11-26(32-7)27(21)33-8/h9-20H,1-8H3,(H,31,37). The van der Waals surface area contributed by atoms with Crippen molar-refractivity contribution in [2.24, 2.45) is 5.10 Å². The molecule has 0 saturated carbocycles. The average molecular weight is 541 g/mol. The Kier molecular flexibility index (Phi) is 8.93. The summed E-state index contributed by atoms with van der Waals surface area (Å²) in [5.74, 6) is 2.38. The Balaban J connectivity index is 1.89. The second kappa shape index (κ2) is 11.6. The van der Waals surface area contributed by atoms with Crippen molar-refractivity contribution in [2.75, 3.05) is 14.2 Å².